The van der Waals surface area contributed by atoms with Crippen LogP contribution in [0.15, 0.2) is 35.1 Å². The number of aromatic nitrogens is 2. The maximum absolute atomic E-state index is 15.2. The lowest BCUT2D eigenvalue weighted by Crippen LogP contribution is -2.33. The molecule has 3 aromatic rings. The minimum Gasteiger partial charge on any atom is -0.338 e. The number of halogens is 3. The molecular formula is C18H16BrF2N5O3S. The van der Waals surface area contributed by atoms with Crippen LogP contribution in [0.1, 0.15) is 28.4 Å². The van der Waals surface area contributed by atoms with E-state index < -0.39 is 43.6 Å². The van der Waals surface area contributed by atoms with Crippen molar-refractivity contribution in [3.63, 3.8) is 0 Å². The summed E-state index contributed by atoms with van der Waals surface area (Å²) >= 11 is 3.21. The molecule has 1 aromatic carbocycles. The highest BCUT2D eigenvalue weighted by Gasteiger charge is 2.31. The van der Waals surface area contributed by atoms with Crippen LogP contribution in [0.3, 0.4) is 0 Å². The number of carbonyl (C=O) groups excluding carboxylic acids is 1. The van der Waals surface area contributed by atoms with E-state index in [-0.39, 0.29) is 23.1 Å². The molecule has 0 radical (unpaired) electrons. The minimum atomic E-state index is -4.32. The molecule has 0 spiro atoms. The van der Waals surface area contributed by atoms with Crippen molar-refractivity contribution < 1.29 is 22.0 Å². The molecule has 0 fully saturated rings. The van der Waals surface area contributed by atoms with Gasteiger partial charge in [-0.3, -0.25) is 14.9 Å². The zero-order valence-electron chi connectivity index (χ0n) is 15.8. The molecule has 2 heterocycles. The van der Waals surface area contributed by atoms with Crippen LogP contribution in [0.2, 0.25) is 0 Å². The Bertz CT molecular complexity index is 1310. The molecule has 3 rings (SSSR count). The summed E-state index contributed by atoms with van der Waals surface area (Å²) in [7, 11) is -3.10. The highest BCUT2D eigenvalue weighted by Crippen LogP contribution is 2.28. The topological polar surface area (TPSA) is 122 Å². The smallest absolute Gasteiger partial charge is 0.260 e. The number of nitrogens with two attached hydrogens (primary N) is 1. The maximum Gasteiger partial charge on any atom is 0.260 e. The van der Waals surface area contributed by atoms with Gasteiger partial charge >= 0.3 is 0 Å². The lowest BCUT2D eigenvalue weighted by Gasteiger charge is -2.16. The van der Waals surface area contributed by atoms with E-state index in [9.17, 15) is 17.6 Å². The van der Waals surface area contributed by atoms with Crippen molar-refractivity contribution in [1.82, 2.24) is 14.0 Å². The van der Waals surface area contributed by atoms with Crippen molar-refractivity contribution in [1.29, 1.82) is 5.41 Å². The molecule has 30 heavy (non-hydrogen) atoms. The van der Waals surface area contributed by atoms with E-state index >= 15 is 4.39 Å². The first-order valence-electron chi connectivity index (χ1n) is 8.50. The van der Waals surface area contributed by atoms with Crippen molar-refractivity contribution in [2.75, 3.05) is 19.4 Å². The van der Waals surface area contributed by atoms with Crippen LogP contribution < -0.4 is 5.84 Å². The molecule has 158 valence electrons. The number of nitrogens with zero attached hydrogens (tertiary/aromatic N) is 3. The van der Waals surface area contributed by atoms with Crippen molar-refractivity contribution in [2.45, 2.75) is 6.92 Å². The van der Waals surface area contributed by atoms with Gasteiger partial charge in [-0.25, -0.2) is 22.2 Å². The molecule has 0 aliphatic heterocycles. The van der Waals surface area contributed by atoms with Gasteiger partial charge in [0.15, 0.2) is 10.7 Å². The fraction of sp³-hybridized carbons (Fsp3) is 0.167. The zero-order valence-corrected chi connectivity index (χ0v) is 18.2. The summed E-state index contributed by atoms with van der Waals surface area (Å²) in [6.45, 7) is 1.58. The lowest BCUT2D eigenvalue weighted by molar-refractivity contribution is 0.103. The van der Waals surface area contributed by atoms with Crippen molar-refractivity contribution in [3.05, 3.63) is 63.4 Å². The summed E-state index contributed by atoms with van der Waals surface area (Å²) in [6, 6.07) is 3.08. The molecule has 0 aliphatic rings. The van der Waals surface area contributed by atoms with E-state index in [1.807, 2.05) is 0 Å². The van der Waals surface area contributed by atoms with Crippen molar-refractivity contribution in [2.24, 2.45) is 0 Å². The predicted molar refractivity (Wildman–Crippen MR) is 111 cm³/mol. The van der Waals surface area contributed by atoms with Gasteiger partial charge in [-0.1, -0.05) is 6.92 Å². The summed E-state index contributed by atoms with van der Waals surface area (Å²) in [4.78, 5) is 17.1. The first-order chi connectivity index (χ1) is 14.0. The summed E-state index contributed by atoms with van der Waals surface area (Å²) in [6.07, 6.45) is 2.61. The second kappa shape index (κ2) is 7.85. The monoisotopic (exact) mass is 499 g/mol. The molecule has 0 saturated carbocycles. The van der Waals surface area contributed by atoms with Crippen LogP contribution in [0.25, 0.3) is 11.0 Å². The quantitative estimate of drug-likeness (QED) is 0.242. The Morgan fingerprint density at radius 1 is 1.33 bits per heavy atom. The molecular weight excluding hydrogens is 484 g/mol. The lowest BCUT2D eigenvalue weighted by atomic mass is 10.00. The number of ketones is 1. The standard InChI is InChI=1S/C18H16BrF2N5O3S/c1-3-25(2)30(28,29)17(22)10-4-5-13(20)14(15(10)21)16(27)12-8-26(23)18-11(12)6-9(19)7-24-18/h4-8,22H,3,23H2,1-2H3. The van der Waals surface area contributed by atoms with Gasteiger partial charge in [0, 0.05) is 41.4 Å². The number of benzene rings is 1. The van der Waals surface area contributed by atoms with E-state index in [1.54, 1.807) is 0 Å². The van der Waals surface area contributed by atoms with Crippen LogP contribution in [-0.4, -0.2) is 46.8 Å². The first kappa shape index (κ1) is 22.0. The van der Waals surface area contributed by atoms with Crippen LogP contribution >= 0.6 is 15.9 Å². The SMILES string of the molecule is CCN(C)S(=O)(=O)C(=N)c1ccc(F)c(C(=O)c2cn(N)c3ncc(Br)cc23)c1F. The van der Waals surface area contributed by atoms with E-state index in [0.717, 1.165) is 21.1 Å². The molecule has 0 atom stereocenters. The molecule has 12 heteroatoms. The third-order valence-corrected chi connectivity index (χ3v) is 6.81. The van der Waals surface area contributed by atoms with Crippen LogP contribution in [0.5, 0.6) is 0 Å². The van der Waals surface area contributed by atoms with Crippen LogP contribution in [0, 0.1) is 17.0 Å². The Morgan fingerprint density at radius 2 is 2.00 bits per heavy atom. The number of nitrogens with one attached hydrogen (secondary N) is 1. The zero-order chi connectivity index (χ0) is 22.4. The third-order valence-electron chi connectivity index (χ3n) is 4.56. The van der Waals surface area contributed by atoms with Crippen LogP contribution in [0.4, 0.5) is 8.78 Å². The van der Waals surface area contributed by atoms with Gasteiger partial charge in [0.2, 0.25) is 5.78 Å². The van der Waals surface area contributed by atoms with Gasteiger partial charge in [-0.05, 0) is 34.1 Å². The van der Waals surface area contributed by atoms with Gasteiger partial charge in [-0.15, -0.1) is 0 Å². The fourth-order valence-corrected chi connectivity index (χ4v) is 4.24. The third kappa shape index (κ3) is 3.50. The summed E-state index contributed by atoms with van der Waals surface area (Å²) in [5, 5.41) is 7.10. The van der Waals surface area contributed by atoms with Gasteiger partial charge in [0.25, 0.3) is 10.0 Å². The normalized spacial score (nSPS) is 11.9. The number of hydrogen-bond acceptors (Lipinski definition) is 6. The average molecular weight is 500 g/mol. The molecule has 8 nitrogen and oxygen atoms in total. The van der Waals surface area contributed by atoms with Crippen molar-refractivity contribution in [3.8, 4) is 0 Å². The number of pyridine rings is 1. The Morgan fingerprint density at radius 3 is 2.63 bits per heavy atom. The number of sulfonamides is 1. The van der Waals surface area contributed by atoms with Gasteiger partial charge in [0.1, 0.15) is 11.6 Å². The van der Waals surface area contributed by atoms with E-state index in [4.69, 9.17) is 11.3 Å². The summed E-state index contributed by atoms with van der Waals surface area (Å²) in [5.41, 5.74) is -1.62. The van der Waals surface area contributed by atoms with Crippen molar-refractivity contribution >= 4 is 47.8 Å². The highest BCUT2D eigenvalue weighted by atomic mass is 79.9. The molecule has 0 aliphatic carbocycles. The molecule has 0 bridgehead atoms. The van der Waals surface area contributed by atoms with Crippen LogP contribution in [-0.2, 0) is 10.0 Å². The molecule has 3 N–H and O–H groups in total. The number of hydrogen-bond donors (Lipinski definition) is 2. The number of nitrogen functional groups attached to an aromatic ring is 1. The molecule has 0 amide bonds. The predicted octanol–water partition coefficient (Wildman–Crippen LogP) is 2.63. The minimum absolute atomic E-state index is 0.0389. The second-order valence-corrected chi connectivity index (χ2v) is 9.23. The molecule has 2 aromatic heterocycles. The number of carbonyl (C=O) groups is 1. The van der Waals surface area contributed by atoms with Gasteiger partial charge < -0.3 is 5.84 Å². The summed E-state index contributed by atoms with van der Waals surface area (Å²) < 4.78 is 56.8. The molecule has 0 unspecified atom stereocenters. The van der Waals surface area contributed by atoms with E-state index in [2.05, 4.69) is 20.9 Å². The summed E-state index contributed by atoms with van der Waals surface area (Å²) in [5.74, 6) is 2.08. The largest absolute Gasteiger partial charge is 0.338 e. The first-order valence-corrected chi connectivity index (χ1v) is 10.7. The van der Waals surface area contributed by atoms with Gasteiger partial charge in [0.05, 0.1) is 11.1 Å². The molecule has 0 saturated heterocycles. The van der Waals surface area contributed by atoms with E-state index in [1.165, 1.54) is 32.4 Å². The maximum atomic E-state index is 15.2. The number of rotatable bonds is 5. The van der Waals surface area contributed by atoms with E-state index in [0.29, 0.717) is 4.47 Å². The fourth-order valence-electron chi connectivity index (χ4n) is 2.82. The average Bonchev–Trinajstić information content (AvgIpc) is 3.02. The number of fused-ring (bicyclic) bond motifs is 1. The Hall–Kier alpha value is -2.70. The Kier molecular flexibility index (Phi) is 5.76. The second-order valence-electron chi connectivity index (χ2n) is 6.34. The Labute approximate surface area is 179 Å². The van der Waals surface area contributed by atoms with Gasteiger partial charge in [-0.2, -0.15) is 4.31 Å². The Balaban J connectivity index is 2.19. The highest BCUT2D eigenvalue weighted by molar-refractivity contribution is 9.10.